The Morgan fingerprint density at radius 2 is 1.81 bits per heavy atom. The Bertz CT molecular complexity index is 298. The zero-order valence-corrected chi connectivity index (χ0v) is 10.9. The molecule has 0 atom stereocenters. The molecule has 0 amide bonds. The number of hydrogen-bond donors (Lipinski definition) is 1. The van der Waals surface area contributed by atoms with E-state index in [9.17, 15) is 0 Å². The average Bonchev–Trinajstić information content (AvgIpc) is 2.22. The minimum absolute atomic E-state index is 0.607. The van der Waals surface area contributed by atoms with Gasteiger partial charge in [0.15, 0.2) is 0 Å². The second kappa shape index (κ2) is 7.77. The minimum Gasteiger partial charge on any atom is -0.493 e. The first-order valence-corrected chi connectivity index (χ1v) is 6.27. The number of nitrogens with one attached hydrogen (secondary N) is 1. The van der Waals surface area contributed by atoms with Gasteiger partial charge in [0.1, 0.15) is 5.75 Å². The van der Waals surface area contributed by atoms with Crippen LogP contribution in [0.15, 0.2) is 18.2 Å². The molecule has 0 aliphatic heterocycles. The fraction of sp³-hybridized carbons (Fsp3) is 0.500. The molecule has 0 aromatic heterocycles. The molecule has 0 saturated carbocycles. The molecule has 1 aromatic rings. The number of benzene rings is 1. The Morgan fingerprint density at radius 1 is 1.12 bits per heavy atom. The highest BCUT2D eigenvalue weighted by Crippen LogP contribution is 2.24. The molecule has 90 valence electrons. The summed E-state index contributed by atoms with van der Waals surface area (Å²) in [6.45, 7) is 4.85. The molecule has 1 rings (SSSR count). The van der Waals surface area contributed by atoms with Crippen molar-refractivity contribution in [2.75, 3.05) is 19.7 Å². The quantitative estimate of drug-likeness (QED) is 0.755. The molecule has 1 aromatic carbocycles. The molecule has 0 radical (unpaired) electrons. The molecule has 2 nitrogen and oxygen atoms in total. The van der Waals surface area contributed by atoms with Gasteiger partial charge < -0.3 is 10.1 Å². The summed E-state index contributed by atoms with van der Waals surface area (Å²) >= 11 is 11.7. The van der Waals surface area contributed by atoms with Gasteiger partial charge >= 0.3 is 0 Å². The molecule has 0 aliphatic carbocycles. The monoisotopic (exact) mass is 261 g/mol. The van der Waals surface area contributed by atoms with Crippen molar-refractivity contribution in [1.29, 1.82) is 0 Å². The molecular weight excluding hydrogens is 245 g/mol. The van der Waals surface area contributed by atoms with Crippen molar-refractivity contribution in [3.8, 4) is 5.75 Å². The fourth-order valence-electron chi connectivity index (χ4n) is 1.33. The van der Waals surface area contributed by atoms with E-state index in [0.29, 0.717) is 16.7 Å². The van der Waals surface area contributed by atoms with Crippen LogP contribution in [-0.2, 0) is 0 Å². The van der Waals surface area contributed by atoms with E-state index in [1.165, 1.54) is 0 Å². The Hall–Kier alpha value is -0.440. The van der Waals surface area contributed by atoms with Gasteiger partial charge in [0, 0.05) is 10.0 Å². The van der Waals surface area contributed by atoms with E-state index in [1.807, 2.05) is 0 Å². The summed E-state index contributed by atoms with van der Waals surface area (Å²) in [5.74, 6) is 0.737. The molecule has 0 fully saturated rings. The molecule has 0 unspecified atom stereocenters. The van der Waals surface area contributed by atoms with Crippen LogP contribution >= 0.6 is 23.2 Å². The van der Waals surface area contributed by atoms with Crippen molar-refractivity contribution in [2.24, 2.45) is 0 Å². The van der Waals surface area contributed by atoms with Crippen molar-refractivity contribution in [3.63, 3.8) is 0 Å². The van der Waals surface area contributed by atoms with Gasteiger partial charge in [-0.15, -0.1) is 0 Å². The Labute approximate surface area is 107 Å². The van der Waals surface area contributed by atoms with Gasteiger partial charge in [-0.2, -0.15) is 0 Å². The summed E-state index contributed by atoms with van der Waals surface area (Å²) in [4.78, 5) is 0. The zero-order valence-electron chi connectivity index (χ0n) is 9.43. The van der Waals surface area contributed by atoms with Gasteiger partial charge in [0.2, 0.25) is 0 Å². The van der Waals surface area contributed by atoms with E-state index in [-0.39, 0.29) is 0 Å². The third kappa shape index (κ3) is 5.59. The number of halogens is 2. The normalized spacial score (nSPS) is 10.4. The first-order valence-electron chi connectivity index (χ1n) is 5.52. The van der Waals surface area contributed by atoms with E-state index in [4.69, 9.17) is 27.9 Å². The number of rotatable bonds is 7. The van der Waals surface area contributed by atoms with Crippen molar-refractivity contribution in [3.05, 3.63) is 28.2 Å². The highest BCUT2D eigenvalue weighted by atomic mass is 35.5. The van der Waals surface area contributed by atoms with Crippen molar-refractivity contribution < 1.29 is 4.74 Å². The van der Waals surface area contributed by atoms with Crippen LogP contribution in [0.1, 0.15) is 19.8 Å². The first-order chi connectivity index (χ1) is 7.72. The second-order valence-corrected chi connectivity index (χ2v) is 4.39. The van der Waals surface area contributed by atoms with Crippen LogP contribution in [0.5, 0.6) is 5.75 Å². The maximum Gasteiger partial charge on any atom is 0.122 e. The SMILES string of the molecule is CCNCCCCOc1cc(Cl)cc(Cl)c1. The summed E-state index contributed by atoms with van der Waals surface area (Å²) in [6.07, 6.45) is 2.14. The van der Waals surface area contributed by atoms with Crippen LogP contribution < -0.4 is 10.1 Å². The lowest BCUT2D eigenvalue weighted by Gasteiger charge is -2.07. The van der Waals surface area contributed by atoms with Gasteiger partial charge in [-0.1, -0.05) is 30.1 Å². The number of hydrogen-bond acceptors (Lipinski definition) is 2. The lowest BCUT2D eigenvalue weighted by Crippen LogP contribution is -2.14. The Balaban J connectivity index is 2.21. The van der Waals surface area contributed by atoms with Crippen molar-refractivity contribution >= 4 is 23.2 Å². The molecule has 0 aliphatic rings. The van der Waals surface area contributed by atoms with Crippen LogP contribution in [0.3, 0.4) is 0 Å². The van der Waals surface area contributed by atoms with Gasteiger partial charge in [-0.3, -0.25) is 0 Å². The molecule has 4 heteroatoms. The largest absolute Gasteiger partial charge is 0.493 e. The van der Waals surface area contributed by atoms with Crippen LogP contribution in [0.4, 0.5) is 0 Å². The average molecular weight is 262 g/mol. The molecule has 16 heavy (non-hydrogen) atoms. The highest BCUT2D eigenvalue weighted by Gasteiger charge is 1.98. The predicted octanol–water partition coefficient (Wildman–Crippen LogP) is 3.76. The zero-order chi connectivity index (χ0) is 11.8. The van der Waals surface area contributed by atoms with Gasteiger partial charge in [-0.25, -0.2) is 0 Å². The van der Waals surface area contributed by atoms with E-state index >= 15 is 0 Å². The van der Waals surface area contributed by atoms with E-state index in [0.717, 1.165) is 31.7 Å². The van der Waals surface area contributed by atoms with E-state index in [2.05, 4.69) is 12.2 Å². The molecule has 1 N–H and O–H groups in total. The predicted molar refractivity (Wildman–Crippen MR) is 69.7 cm³/mol. The molecule has 0 bridgehead atoms. The van der Waals surface area contributed by atoms with E-state index < -0.39 is 0 Å². The molecular formula is C12H17Cl2NO. The van der Waals surface area contributed by atoms with Crippen LogP contribution in [0.2, 0.25) is 10.0 Å². The Kier molecular flexibility index (Phi) is 6.62. The van der Waals surface area contributed by atoms with Gasteiger partial charge in [0.25, 0.3) is 0 Å². The summed E-state index contributed by atoms with van der Waals surface area (Å²) in [6, 6.07) is 5.25. The first kappa shape index (κ1) is 13.6. The summed E-state index contributed by atoms with van der Waals surface area (Å²) < 4.78 is 5.55. The van der Waals surface area contributed by atoms with Crippen LogP contribution in [0.25, 0.3) is 0 Å². The lowest BCUT2D eigenvalue weighted by atomic mass is 10.3. The van der Waals surface area contributed by atoms with Crippen molar-refractivity contribution in [2.45, 2.75) is 19.8 Å². The third-order valence-corrected chi connectivity index (χ3v) is 2.54. The number of ether oxygens (including phenoxy) is 1. The standard InChI is InChI=1S/C12H17Cl2NO/c1-2-15-5-3-4-6-16-12-8-10(13)7-11(14)9-12/h7-9,15H,2-6H2,1H3. The summed E-state index contributed by atoms with van der Waals surface area (Å²) in [5, 5.41) is 4.48. The van der Waals surface area contributed by atoms with Gasteiger partial charge in [-0.05, 0) is 44.1 Å². The molecule has 0 heterocycles. The highest BCUT2D eigenvalue weighted by molar-refractivity contribution is 6.34. The Morgan fingerprint density at radius 3 is 2.44 bits per heavy atom. The summed E-state index contributed by atoms with van der Waals surface area (Å²) in [5.41, 5.74) is 0. The van der Waals surface area contributed by atoms with E-state index in [1.54, 1.807) is 18.2 Å². The topological polar surface area (TPSA) is 21.3 Å². The molecule has 0 saturated heterocycles. The number of unbranched alkanes of at least 4 members (excludes halogenated alkanes) is 1. The fourth-order valence-corrected chi connectivity index (χ4v) is 1.84. The van der Waals surface area contributed by atoms with Crippen LogP contribution in [-0.4, -0.2) is 19.7 Å². The summed E-state index contributed by atoms with van der Waals surface area (Å²) in [7, 11) is 0. The smallest absolute Gasteiger partial charge is 0.122 e. The van der Waals surface area contributed by atoms with Crippen LogP contribution in [0, 0.1) is 0 Å². The molecule has 0 spiro atoms. The minimum atomic E-state index is 0.607. The second-order valence-electron chi connectivity index (χ2n) is 3.51. The third-order valence-electron chi connectivity index (χ3n) is 2.10. The maximum atomic E-state index is 5.86. The van der Waals surface area contributed by atoms with Gasteiger partial charge in [0.05, 0.1) is 6.61 Å². The maximum absolute atomic E-state index is 5.86. The lowest BCUT2D eigenvalue weighted by molar-refractivity contribution is 0.306. The van der Waals surface area contributed by atoms with Crippen molar-refractivity contribution in [1.82, 2.24) is 5.32 Å².